The Morgan fingerprint density at radius 3 is 1.31 bits per heavy atom. The van der Waals surface area contributed by atoms with Crippen LogP contribution in [0.15, 0.2) is 267 Å². The second kappa shape index (κ2) is 17.0. The Balaban J connectivity index is 1.04. The average Bonchev–Trinajstić information content (AvgIpc) is 0.856. The lowest BCUT2D eigenvalue weighted by molar-refractivity contribution is 0.475. The molecule has 1 atom stereocenters. The van der Waals surface area contributed by atoms with Gasteiger partial charge in [0.05, 0.1) is 90.0 Å². The first kappa shape index (κ1) is 47.9. The predicted octanol–water partition coefficient (Wildman–Crippen LogP) is 18.3. The van der Waals surface area contributed by atoms with Crippen LogP contribution in [0, 0.1) is 13.8 Å². The number of aromatic nitrogens is 3. The second-order valence-corrected chi connectivity index (χ2v) is 28.5. The van der Waals surface area contributed by atoms with Crippen LogP contribution in [0.3, 0.4) is 0 Å². The molecule has 0 saturated heterocycles. The lowest BCUT2D eigenvalue weighted by Crippen LogP contribution is -2.81. The normalized spacial score (nSPS) is 15.3. The van der Waals surface area contributed by atoms with Crippen LogP contribution in [0.1, 0.15) is 22.3 Å². The van der Waals surface area contributed by atoms with Crippen molar-refractivity contribution in [3.05, 3.63) is 289 Å². The summed E-state index contributed by atoms with van der Waals surface area (Å²) in [5.41, 5.74) is 25.6. The lowest BCUT2D eigenvalue weighted by Gasteiger charge is -2.57. The Labute approximate surface area is 513 Å². The minimum Gasteiger partial charge on any atom is -0.451 e. The van der Waals surface area contributed by atoms with E-state index in [-0.39, 0.29) is 0 Å². The van der Waals surface area contributed by atoms with Gasteiger partial charge in [-0.2, -0.15) is 0 Å². The largest absolute Gasteiger partial charge is 0.451 e. The highest BCUT2D eigenvalue weighted by Crippen LogP contribution is 2.63. The van der Waals surface area contributed by atoms with Crippen molar-refractivity contribution in [2.45, 2.75) is 20.3 Å². The number of fused-ring (bicyclic) bond motifs is 15. The van der Waals surface area contributed by atoms with Crippen LogP contribution >= 0.6 is 0 Å². The third-order valence-corrected chi connectivity index (χ3v) is 25.3. The molecule has 0 aliphatic carbocycles. The number of hydrogen-bond acceptors (Lipinski definition) is 4. The number of para-hydroxylation sites is 7. The molecule has 21 rings (SSSR count). The molecule has 1 unspecified atom stereocenters. The number of ether oxygens (including phenoxy) is 1. The number of aryl methyl sites for hydroxylation is 2. The lowest BCUT2D eigenvalue weighted by atomic mass is 9.90. The first-order valence-electron chi connectivity index (χ1n) is 31.0. The molecule has 89 heavy (non-hydrogen) atoms. The SMILES string of the molecule is Cc1ccc2c(c1)Cc1c(-n3c4ccccc4c4ccccc43)cc3c4c1N2c1cc(-n2c5ccccc5c5ccccc52)cc2c1[Si]4(c1ccccc1)c1c(cc(-n4c5ccccc5c5ccccc54)c4c1N3c1ccc(C)cc1O4)N2c1ccccc1. The molecule has 13 aromatic carbocycles. The minimum atomic E-state index is -3.66. The fourth-order valence-corrected chi connectivity index (χ4v) is 22.8. The van der Waals surface area contributed by atoms with Crippen LogP contribution in [0.5, 0.6) is 11.5 Å². The molecule has 5 aliphatic rings. The van der Waals surface area contributed by atoms with Gasteiger partial charge in [0.15, 0.2) is 19.6 Å². The average molecular weight is 1150 g/mol. The van der Waals surface area contributed by atoms with Crippen LogP contribution in [0.2, 0.25) is 0 Å². The fourth-order valence-electron chi connectivity index (χ4n) is 17.0. The fraction of sp³-hybridized carbons (Fsp3) is 0.0370. The Hall–Kier alpha value is -11.3. The molecule has 16 aromatic rings. The summed E-state index contributed by atoms with van der Waals surface area (Å²) in [6.07, 6.45) is 0.743. The Bertz CT molecular complexity index is 5720. The van der Waals surface area contributed by atoms with Crippen molar-refractivity contribution in [3.8, 4) is 28.6 Å². The molecule has 5 aliphatic heterocycles. The van der Waals surface area contributed by atoms with Crippen molar-refractivity contribution in [3.63, 3.8) is 0 Å². The zero-order chi connectivity index (χ0) is 58.1. The number of rotatable bonds is 5. The maximum Gasteiger partial charge on any atom is 0.194 e. The Morgan fingerprint density at radius 1 is 0.315 bits per heavy atom. The molecule has 0 N–H and O–H groups in total. The Kier molecular flexibility index (Phi) is 9.15. The maximum atomic E-state index is 7.92. The molecule has 0 radical (unpaired) electrons. The van der Waals surface area contributed by atoms with Crippen molar-refractivity contribution >= 4 is 145 Å². The minimum absolute atomic E-state index is 0.743. The van der Waals surface area contributed by atoms with Gasteiger partial charge in [0.2, 0.25) is 0 Å². The topological polar surface area (TPSA) is 33.7 Å². The zero-order valence-electron chi connectivity index (χ0n) is 48.7. The predicted molar refractivity (Wildman–Crippen MR) is 370 cm³/mol. The summed E-state index contributed by atoms with van der Waals surface area (Å²) in [5.74, 6) is 1.68. The van der Waals surface area contributed by atoms with E-state index in [9.17, 15) is 0 Å². The summed E-state index contributed by atoms with van der Waals surface area (Å²) >= 11 is 0. The monoisotopic (exact) mass is 1150 g/mol. The van der Waals surface area contributed by atoms with Crippen molar-refractivity contribution < 1.29 is 4.74 Å². The summed E-state index contributed by atoms with van der Waals surface area (Å²) < 4.78 is 15.6. The molecule has 0 saturated carbocycles. The van der Waals surface area contributed by atoms with E-state index in [1.165, 1.54) is 126 Å². The number of anilines is 9. The molecule has 416 valence electrons. The van der Waals surface area contributed by atoms with Gasteiger partial charge in [0.25, 0.3) is 0 Å². The quantitative estimate of drug-likeness (QED) is 0.161. The van der Waals surface area contributed by atoms with Crippen molar-refractivity contribution in [2.24, 2.45) is 0 Å². The summed E-state index contributed by atoms with van der Waals surface area (Å²) in [4.78, 5) is 8.06. The smallest absolute Gasteiger partial charge is 0.194 e. The summed E-state index contributed by atoms with van der Waals surface area (Å²) in [7, 11) is -3.66. The van der Waals surface area contributed by atoms with E-state index in [4.69, 9.17) is 4.74 Å². The molecule has 3 aromatic heterocycles. The molecule has 8 heterocycles. The van der Waals surface area contributed by atoms with Crippen molar-refractivity contribution in [1.82, 2.24) is 13.7 Å². The molecular weight excluding hydrogens is 1100 g/mol. The first-order chi connectivity index (χ1) is 44.0. The zero-order valence-corrected chi connectivity index (χ0v) is 49.7. The van der Waals surface area contributed by atoms with Gasteiger partial charge in [-0.05, 0) is 121 Å². The van der Waals surface area contributed by atoms with Gasteiger partial charge < -0.3 is 33.1 Å². The van der Waals surface area contributed by atoms with Gasteiger partial charge in [-0.15, -0.1) is 0 Å². The Morgan fingerprint density at radius 2 is 0.742 bits per heavy atom. The molecular formula is C81H52N6OSi. The maximum absolute atomic E-state index is 7.92. The van der Waals surface area contributed by atoms with E-state index in [0.29, 0.717) is 0 Å². The van der Waals surface area contributed by atoms with E-state index >= 15 is 0 Å². The highest BCUT2D eigenvalue weighted by molar-refractivity contribution is 7.24. The van der Waals surface area contributed by atoms with Crippen LogP contribution in [0.25, 0.3) is 82.5 Å². The molecule has 0 bridgehead atoms. The van der Waals surface area contributed by atoms with Crippen LogP contribution in [-0.4, -0.2) is 21.8 Å². The van der Waals surface area contributed by atoms with Crippen molar-refractivity contribution in [1.29, 1.82) is 0 Å². The van der Waals surface area contributed by atoms with Gasteiger partial charge in [-0.1, -0.05) is 181 Å². The number of benzene rings is 13. The summed E-state index contributed by atoms with van der Waals surface area (Å²) in [6.45, 7) is 4.44. The standard InChI is InChI=1S/C81H52N6OSi/c1-48-37-39-61-50(41-48)43-60-69(84-64-33-17-11-27-56(64)57-28-12-18-34-65(57)84)46-74-80-76(60)86(61)72-45-52(83-62-31-15-9-25-54(62)55-26-10-16-32-63(55)83)44-71-79(72)89(80,53-23-7-4-8-24-53)81-73(82(71)51-21-5-3-6-22-51)47-70(78-77(81)87(74)68-40-38-49(2)42-75(68)88-78)85-66-35-19-13-29-58(66)59-30-14-20-36-67(59)85/h3-42,44-47H,43H2,1-2H3. The van der Waals surface area contributed by atoms with Gasteiger partial charge in [0, 0.05) is 71.2 Å². The van der Waals surface area contributed by atoms with Gasteiger partial charge in [0.1, 0.15) is 0 Å². The molecule has 7 nitrogen and oxygen atoms in total. The van der Waals surface area contributed by atoms with Crippen LogP contribution in [-0.2, 0) is 6.42 Å². The van der Waals surface area contributed by atoms with E-state index in [1.807, 2.05) is 0 Å². The third kappa shape index (κ3) is 5.92. The van der Waals surface area contributed by atoms with Gasteiger partial charge >= 0.3 is 0 Å². The molecule has 8 heteroatoms. The van der Waals surface area contributed by atoms with Gasteiger partial charge in [-0.3, -0.25) is 0 Å². The van der Waals surface area contributed by atoms with E-state index in [1.54, 1.807) is 0 Å². The highest BCUT2D eigenvalue weighted by atomic mass is 28.3. The molecule has 0 fully saturated rings. The number of nitrogens with zero attached hydrogens (tertiary/aromatic N) is 6. The second-order valence-electron chi connectivity index (χ2n) is 24.9. The van der Waals surface area contributed by atoms with Crippen molar-refractivity contribution in [2.75, 3.05) is 14.7 Å². The molecule has 0 spiro atoms. The van der Waals surface area contributed by atoms with Crippen LogP contribution < -0.4 is 40.2 Å². The van der Waals surface area contributed by atoms with Crippen LogP contribution in [0.4, 0.5) is 51.2 Å². The summed E-state index contributed by atoms with van der Waals surface area (Å²) in [5, 5.41) is 12.8. The highest BCUT2D eigenvalue weighted by Gasteiger charge is 2.63. The van der Waals surface area contributed by atoms with E-state index in [0.717, 1.165) is 68.6 Å². The van der Waals surface area contributed by atoms with Gasteiger partial charge in [-0.25, -0.2) is 0 Å². The van der Waals surface area contributed by atoms with E-state index in [2.05, 4.69) is 309 Å². The first-order valence-corrected chi connectivity index (χ1v) is 33.0. The molecule has 0 amide bonds. The third-order valence-electron chi connectivity index (χ3n) is 20.3. The summed E-state index contributed by atoms with van der Waals surface area (Å²) in [6, 6.07) is 101. The van der Waals surface area contributed by atoms with E-state index < -0.39 is 8.07 Å². The number of hydrogen-bond donors (Lipinski definition) is 0.